The summed E-state index contributed by atoms with van der Waals surface area (Å²) in [6.07, 6.45) is -0.801. The Balaban J connectivity index is 2.46. The second kappa shape index (κ2) is 3.09. The van der Waals surface area contributed by atoms with E-state index in [2.05, 4.69) is 4.90 Å². The van der Waals surface area contributed by atoms with Crippen molar-refractivity contribution in [3.8, 4) is 0 Å². The average molecular weight is 158 g/mol. The Kier molecular flexibility index (Phi) is 2.34. The molecule has 1 atom stereocenters. The SMILES string of the molecule is C[C@@H]1CN(C(=O)O)CCN1C. The standard InChI is InChI=1S/C7H14N2O2/c1-6-5-9(7(10)11)4-3-8(6)2/h6H,3-5H2,1-2H3,(H,10,11)/t6-/m1/s1. The van der Waals surface area contributed by atoms with Gasteiger partial charge < -0.3 is 14.9 Å². The van der Waals surface area contributed by atoms with Crippen LogP contribution in [0.25, 0.3) is 0 Å². The Morgan fingerprint density at radius 1 is 1.55 bits per heavy atom. The molecular weight excluding hydrogens is 144 g/mol. The van der Waals surface area contributed by atoms with Crippen molar-refractivity contribution in [2.24, 2.45) is 0 Å². The fourth-order valence-electron chi connectivity index (χ4n) is 1.22. The summed E-state index contributed by atoms with van der Waals surface area (Å²) in [4.78, 5) is 14.1. The molecule has 0 aromatic rings. The molecule has 64 valence electrons. The fraction of sp³-hybridized carbons (Fsp3) is 0.857. The van der Waals surface area contributed by atoms with Crippen molar-refractivity contribution in [3.05, 3.63) is 0 Å². The number of carboxylic acid groups (broad SMARTS) is 1. The zero-order valence-electron chi connectivity index (χ0n) is 6.95. The van der Waals surface area contributed by atoms with Crippen LogP contribution < -0.4 is 0 Å². The summed E-state index contributed by atoms with van der Waals surface area (Å²) < 4.78 is 0. The Bertz CT molecular complexity index is 161. The number of piperazine rings is 1. The van der Waals surface area contributed by atoms with Gasteiger partial charge in [0.05, 0.1) is 0 Å². The van der Waals surface area contributed by atoms with Gasteiger partial charge in [-0.2, -0.15) is 0 Å². The van der Waals surface area contributed by atoms with Crippen molar-refractivity contribution in [1.29, 1.82) is 0 Å². The van der Waals surface area contributed by atoms with Crippen molar-refractivity contribution in [2.45, 2.75) is 13.0 Å². The molecule has 1 amide bonds. The summed E-state index contributed by atoms with van der Waals surface area (Å²) in [5.74, 6) is 0. The molecule has 4 nitrogen and oxygen atoms in total. The molecule has 0 unspecified atom stereocenters. The molecule has 4 heteroatoms. The van der Waals surface area contributed by atoms with Gasteiger partial charge in [-0.1, -0.05) is 0 Å². The van der Waals surface area contributed by atoms with E-state index in [0.717, 1.165) is 6.54 Å². The van der Waals surface area contributed by atoms with Crippen LogP contribution in [0.3, 0.4) is 0 Å². The van der Waals surface area contributed by atoms with Gasteiger partial charge in [0, 0.05) is 25.7 Å². The van der Waals surface area contributed by atoms with Crippen molar-refractivity contribution >= 4 is 6.09 Å². The van der Waals surface area contributed by atoms with Gasteiger partial charge in [0.2, 0.25) is 0 Å². The molecule has 1 heterocycles. The first-order valence-corrected chi connectivity index (χ1v) is 3.79. The molecule has 1 saturated heterocycles. The molecule has 1 N–H and O–H groups in total. The number of rotatable bonds is 0. The molecule has 0 spiro atoms. The van der Waals surface area contributed by atoms with E-state index in [4.69, 9.17) is 5.11 Å². The van der Waals surface area contributed by atoms with Gasteiger partial charge in [0.25, 0.3) is 0 Å². The molecule has 0 aliphatic carbocycles. The van der Waals surface area contributed by atoms with Crippen molar-refractivity contribution in [2.75, 3.05) is 26.7 Å². The first kappa shape index (κ1) is 8.33. The molecule has 0 aromatic heterocycles. The van der Waals surface area contributed by atoms with Crippen LogP contribution >= 0.6 is 0 Å². The van der Waals surface area contributed by atoms with Gasteiger partial charge in [0.1, 0.15) is 0 Å². The number of hydrogen-bond acceptors (Lipinski definition) is 2. The third-order valence-electron chi connectivity index (χ3n) is 2.23. The molecular formula is C7H14N2O2. The van der Waals surface area contributed by atoms with E-state index in [9.17, 15) is 4.79 Å². The number of hydrogen-bond donors (Lipinski definition) is 1. The zero-order valence-corrected chi connectivity index (χ0v) is 6.95. The van der Waals surface area contributed by atoms with Gasteiger partial charge in [-0.05, 0) is 14.0 Å². The van der Waals surface area contributed by atoms with E-state index in [-0.39, 0.29) is 0 Å². The van der Waals surface area contributed by atoms with E-state index in [1.807, 2.05) is 14.0 Å². The van der Waals surface area contributed by atoms with Gasteiger partial charge in [0.15, 0.2) is 0 Å². The molecule has 1 fully saturated rings. The molecule has 1 rings (SSSR count). The molecule has 0 saturated carbocycles. The monoisotopic (exact) mass is 158 g/mol. The van der Waals surface area contributed by atoms with E-state index in [1.54, 1.807) is 0 Å². The van der Waals surface area contributed by atoms with Crippen LogP contribution in [0.1, 0.15) is 6.92 Å². The van der Waals surface area contributed by atoms with Crippen LogP contribution in [0.15, 0.2) is 0 Å². The lowest BCUT2D eigenvalue weighted by molar-refractivity contribution is 0.0893. The summed E-state index contributed by atoms with van der Waals surface area (Å²) in [7, 11) is 2.02. The van der Waals surface area contributed by atoms with Crippen LogP contribution in [-0.4, -0.2) is 53.7 Å². The maximum Gasteiger partial charge on any atom is 0.407 e. The van der Waals surface area contributed by atoms with Crippen LogP contribution in [-0.2, 0) is 0 Å². The van der Waals surface area contributed by atoms with Crippen LogP contribution in [0.5, 0.6) is 0 Å². The van der Waals surface area contributed by atoms with Gasteiger partial charge in [-0.15, -0.1) is 0 Å². The van der Waals surface area contributed by atoms with E-state index >= 15 is 0 Å². The van der Waals surface area contributed by atoms with Crippen LogP contribution in [0.4, 0.5) is 4.79 Å². The smallest absolute Gasteiger partial charge is 0.407 e. The Labute approximate surface area is 66.4 Å². The minimum atomic E-state index is -0.801. The number of amides is 1. The number of nitrogens with zero attached hydrogens (tertiary/aromatic N) is 2. The summed E-state index contributed by atoms with van der Waals surface area (Å²) in [5, 5.41) is 8.65. The number of carbonyl (C=O) groups is 1. The molecule has 0 bridgehead atoms. The molecule has 0 radical (unpaired) electrons. The third-order valence-corrected chi connectivity index (χ3v) is 2.23. The van der Waals surface area contributed by atoms with Crippen molar-refractivity contribution < 1.29 is 9.90 Å². The largest absolute Gasteiger partial charge is 0.465 e. The second-order valence-electron chi connectivity index (χ2n) is 3.06. The minimum Gasteiger partial charge on any atom is -0.465 e. The lowest BCUT2D eigenvalue weighted by Gasteiger charge is -2.35. The highest BCUT2D eigenvalue weighted by molar-refractivity contribution is 5.65. The summed E-state index contributed by atoms with van der Waals surface area (Å²) in [6.45, 7) is 4.14. The molecule has 0 aromatic carbocycles. The predicted molar refractivity (Wildman–Crippen MR) is 41.7 cm³/mol. The summed E-state index contributed by atoms with van der Waals surface area (Å²) in [6, 6.07) is 0.347. The Hall–Kier alpha value is -0.770. The number of likely N-dealkylation sites (N-methyl/N-ethyl adjacent to an activating group) is 1. The lowest BCUT2D eigenvalue weighted by Crippen LogP contribution is -2.51. The predicted octanol–water partition coefficient (Wildman–Crippen LogP) is 0.300. The normalized spacial score (nSPS) is 27.1. The van der Waals surface area contributed by atoms with E-state index in [0.29, 0.717) is 19.1 Å². The van der Waals surface area contributed by atoms with E-state index in [1.165, 1.54) is 4.90 Å². The van der Waals surface area contributed by atoms with Crippen LogP contribution in [0.2, 0.25) is 0 Å². The van der Waals surface area contributed by atoms with Gasteiger partial charge in [-0.25, -0.2) is 4.79 Å². The maximum atomic E-state index is 10.5. The topological polar surface area (TPSA) is 43.8 Å². The third kappa shape index (κ3) is 1.83. The first-order valence-electron chi connectivity index (χ1n) is 3.79. The van der Waals surface area contributed by atoms with E-state index < -0.39 is 6.09 Å². The summed E-state index contributed by atoms with van der Waals surface area (Å²) >= 11 is 0. The van der Waals surface area contributed by atoms with Crippen molar-refractivity contribution in [3.63, 3.8) is 0 Å². The quantitative estimate of drug-likeness (QED) is 0.551. The Morgan fingerprint density at radius 2 is 2.18 bits per heavy atom. The molecule has 11 heavy (non-hydrogen) atoms. The Morgan fingerprint density at radius 3 is 2.64 bits per heavy atom. The van der Waals surface area contributed by atoms with Gasteiger partial charge >= 0.3 is 6.09 Å². The first-order chi connectivity index (χ1) is 5.11. The highest BCUT2D eigenvalue weighted by atomic mass is 16.4. The molecule has 1 aliphatic heterocycles. The second-order valence-corrected chi connectivity index (χ2v) is 3.06. The van der Waals surface area contributed by atoms with Crippen LogP contribution in [0, 0.1) is 0 Å². The molecule has 1 aliphatic rings. The summed E-state index contributed by atoms with van der Waals surface area (Å²) in [5.41, 5.74) is 0. The average Bonchev–Trinajstić information content (AvgIpc) is 1.94. The fourth-order valence-corrected chi connectivity index (χ4v) is 1.22. The van der Waals surface area contributed by atoms with Gasteiger partial charge in [-0.3, -0.25) is 0 Å². The highest BCUT2D eigenvalue weighted by Gasteiger charge is 2.23. The maximum absolute atomic E-state index is 10.5. The van der Waals surface area contributed by atoms with Crippen molar-refractivity contribution in [1.82, 2.24) is 9.80 Å². The lowest BCUT2D eigenvalue weighted by atomic mass is 10.2. The highest BCUT2D eigenvalue weighted by Crippen LogP contribution is 2.06. The minimum absolute atomic E-state index is 0.347. The zero-order chi connectivity index (χ0) is 8.43.